The molecular formula is C15H17FN2O2S. The van der Waals surface area contributed by atoms with Crippen molar-refractivity contribution in [1.29, 1.82) is 0 Å². The van der Waals surface area contributed by atoms with Gasteiger partial charge >= 0.3 is 0 Å². The Morgan fingerprint density at radius 2 is 2.24 bits per heavy atom. The third kappa shape index (κ3) is 4.26. The summed E-state index contributed by atoms with van der Waals surface area (Å²) in [5.41, 5.74) is 0.935. The van der Waals surface area contributed by atoms with E-state index in [2.05, 4.69) is 10.3 Å². The molecule has 21 heavy (non-hydrogen) atoms. The molecule has 0 radical (unpaired) electrons. The van der Waals surface area contributed by atoms with E-state index in [0.29, 0.717) is 0 Å². The summed E-state index contributed by atoms with van der Waals surface area (Å²) in [4.78, 5) is 16.3. The van der Waals surface area contributed by atoms with Crippen molar-refractivity contribution < 1.29 is 13.9 Å². The minimum Gasteiger partial charge on any atom is -0.481 e. The molecule has 0 aliphatic carbocycles. The molecule has 0 bridgehead atoms. The molecule has 1 aromatic carbocycles. The van der Waals surface area contributed by atoms with Crippen LogP contribution in [0.5, 0.6) is 5.75 Å². The van der Waals surface area contributed by atoms with E-state index in [1.54, 1.807) is 12.1 Å². The lowest BCUT2D eigenvalue weighted by Gasteiger charge is -2.15. The molecule has 2 aromatic rings. The lowest BCUT2D eigenvalue weighted by atomic mass is 10.2. The number of hydrogen-bond donors (Lipinski definition) is 1. The highest BCUT2D eigenvalue weighted by Gasteiger charge is 2.16. The molecule has 1 amide bonds. The Kier molecular flexibility index (Phi) is 5.27. The molecule has 0 saturated heterocycles. The van der Waals surface area contributed by atoms with Crippen molar-refractivity contribution in [1.82, 2.24) is 10.3 Å². The molecule has 0 aliphatic rings. The summed E-state index contributed by atoms with van der Waals surface area (Å²) in [5.74, 6) is -0.698. The van der Waals surface area contributed by atoms with Gasteiger partial charge in [0.15, 0.2) is 18.2 Å². The minimum atomic E-state index is -0.479. The first kappa shape index (κ1) is 15.4. The van der Waals surface area contributed by atoms with Gasteiger partial charge in [0.2, 0.25) is 0 Å². The largest absolute Gasteiger partial charge is 0.481 e. The minimum absolute atomic E-state index is 0.0748. The lowest BCUT2D eigenvalue weighted by Crippen LogP contribution is -2.32. The summed E-state index contributed by atoms with van der Waals surface area (Å²) in [7, 11) is 0. The number of nitrogens with zero attached hydrogens (tertiary/aromatic N) is 1. The Hall–Kier alpha value is -1.95. The van der Waals surface area contributed by atoms with Gasteiger partial charge in [0.1, 0.15) is 5.01 Å². The molecule has 1 atom stereocenters. The Bertz CT molecular complexity index is 615. The van der Waals surface area contributed by atoms with Crippen LogP contribution in [0, 0.1) is 12.7 Å². The van der Waals surface area contributed by atoms with Crippen LogP contribution in [-0.2, 0) is 4.79 Å². The SMILES string of the molecule is CC[C@@H](NC(=O)COc1ccccc1F)c1nc(C)cs1. The van der Waals surface area contributed by atoms with Crippen LogP contribution in [0.4, 0.5) is 4.39 Å². The van der Waals surface area contributed by atoms with E-state index in [0.717, 1.165) is 17.1 Å². The van der Waals surface area contributed by atoms with Gasteiger partial charge in [0.25, 0.3) is 5.91 Å². The lowest BCUT2D eigenvalue weighted by molar-refractivity contribution is -0.123. The van der Waals surface area contributed by atoms with Crippen LogP contribution < -0.4 is 10.1 Å². The van der Waals surface area contributed by atoms with Crippen molar-refractivity contribution in [2.24, 2.45) is 0 Å². The zero-order valence-corrected chi connectivity index (χ0v) is 12.7. The van der Waals surface area contributed by atoms with Crippen molar-refractivity contribution in [3.63, 3.8) is 0 Å². The van der Waals surface area contributed by atoms with Crippen molar-refractivity contribution in [2.45, 2.75) is 26.3 Å². The molecule has 0 aliphatic heterocycles. The first-order valence-electron chi connectivity index (χ1n) is 6.69. The van der Waals surface area contributed by atoms with Crippen molar-refractivity contribution >= 4 is 17.2 Å². The van der Waals surface area contributed by atoms with E-state index in [4.69, 9.17) is 4.74 Å². The standard InChI is InChI=1S/C15H17FN2O2S/c1-3-12(15-17-10(2)9-21-15)18-14(19)8-20-13-7-5-4-6-11(13)16/h4-7,9,12H,3,8H2,1-2H3,(H,18,19)/t12-/m1/s1. The first-order chi connectivity index (χ1) is 10.1. The van der Waals surface area contributed by atoms with Gasteiger partial charge in [-0.15, -0.1) is 11.3 Å². The second-order valence-corrected chi connectivity index (χ2v) is 5.46. The zero-order chi connectivity index (χ0) is 15.2. The average molecular weight is 308 g/mol. The molecule has 0 fully saturated rings. The molecule has 0 saturated carbocycles. The summed E-state index contributed by atoms with van der Waals surface area (Å²) < 4.78 is 18.6. The predicted octanol–water partition coefficient (Wildman–Crippen LogP) is 3.24. The number of amides is 1. The molecule has 4 nitrogen and oxygen atoms in total. The highest BCUT2D eigenvalue weighted by Crippen LogP contribution is 2.21. The molecule has 2 rings (SSSR count). The van der Waals surface area contributed by atoms with Crippen LogP contribution in [0.25, 0.3) is 0 Å². The predicted molar refractivity (Wildman–Crippen MR) is 79.9 cm³/mol. The van der Waals surface area contributed by atoms with Crippen molar-refractivity contribution in [3.8, 4) is 5.75 Å². The van der Waals surface area contributed by atoms with E-state index < -0.39 is 5.82 Å². The summed E-state index contributed by atoms with van der Waals surface area (Å²) in [5, 5.41) is 5.66. The Labute approximate surface area is 127 Å². The van der Waals surface area contributed by atoms with Crippen molar-refractivity contribution in [3.05, 3.63) is 46.2 Å². The van der Waals surface area contributed by atoms with E-state index >= 15 is 0 Å². The van der Waals surface area contributed by atoms with Crippen LogP contribution in [-0.4, -0.2) is 17.5 Å². The number of benzene rings is 1. The second kappa shape index (κ2) is 7.17. The van der Waals surface area contributed by atoms with E-state index in [1.165, 1.54) is 23.5 Å². The van der Waals surface area contributed by atoms with Gasteiger partial charge in [-0.3, -0.25) is 4.79 Å². The van der Waals surface area contributed by atoms with Gasteiger partial charge < -0.3 is 10.1 Å². The smallest absolute Gasteiger partial charge is 0.258 e. The van der Waals surface area contributed by atoms with Crippen LogP contribution in [0.3, 0.4) is 0 Å². The number of aryl methyl sites for hydroxylation is 1. The molecule has 1 N–H and O–H groups in total. The average Bonchev–Trinajstić information content (AvgIpc) is 2.90. The molecule has 1 heterocycles. The van der Waals surface area contributed by atoms with E-state index in [1.807, 2.05) is 19.2 Å². The van der Waals surface area contributed by atoms with Crippen LogP contribution in [0.15, 0.2) is 29.6 Å². The van der Waals surface area contributed by atoms with Gasteiger partial charge in [0.05, 0.1) is 6.04 Å². The fourth-order valence-electron chi connectivity index (χ4n) is 1.81. The number of hydrogen-bond acceptors (Lipinski definition) is 4. The van der Waals surface area contributed by atoms with Gasteiger partial charge in [-0.1, -0.05) is 19.1 Å². The van der Waals surface area contributed by atoms with Crippen LogP contribution in [0.1, 0.15) is 30.1 Å². The summed E-state index contributed by atoms with van der Waals surface area (Å²) in [6, 6.07) is 5.87. The molecule has 0 spiro atoms. The Morgan fingerprint density at radius 1 is 1.48 bits per heavy atom. The molecule has 1 aromatic heterocycles. The number of aromatic nitrogens is 1. The molecule has 112 valence electrons. The fourth-order valence-corrected chi connectivity index (χ4v) is 2.74. The molecule has 0 unspecified atom stereocenters. The molecular weight excluding hydrogens is 291 g/mol. The number of thiazole rings is 1. The maximum absolute atomic E-state index is 13.4. The summed E-state index contributed by atoms with van der Waals surface area (Å²) in [6.45, 7) is 3.66. The number of carbonyl (C=O) groups is 1. The number of nitrogens with one attached hydrogen (secondary N) is 1. The van der Waals surface area contributed by atoms with Gasteiger partial charge in [-0.2, -0.15) is 0 Å². The third-order valence-electron chi connectivity index (χ3n) is 2.87. The highest BCUT2D eigenvalue weighted by atomic mass is 32.1. The van der Waals surface area contributed by atoms with E-state index in [9.17, 15) is 9.18 Å². The normalized spacial score (nSPS) is 12.0. The van der Waals surface area contributed by atoms with Crippen molar-refractivity contribution in [2.75, 3.05) is 6.61 Å². The van der Waals surface area contributed by atoms with Gasteiger partial charge in [-0.05, 0) is 25.5 Å². The number of halogens is 1. The number of carbonyl (C=O) groups excluding carboxylic acids is 1. The summed E-state index contributed by atoms with van der Waals surface area (Å²) in [6.07, 6.45) is 0.735. The third-order valence-corrected chi connectivity index (χ3v) is 3.95. The summed E-state index contributed by atoms with van der Waals surface area (Å²) >= 11 is 1.51. The van der Waals surface area contributed by atoms with Gasteiger partial charge in [0, 0.05) is 11.1 Å². The highest BCUT2D eigenvalue weighted by molar-refractivity contribution is 7.09. The monoisotopic (exact) mass is 308 g/mol. The van der Waals surface area contributed by atoms with Crippen LogP contribution in [0.2, 0.25) is 0 Å². The number of rotatable bonds is 6. The fraction of sp³-hybridized carbons (Fsp3) is 0.333. The van der Waals surface area contributed by atoms with Gasteiger partial charge in [-0.25, -0.2) is 9.37 Å². The quantitative estimate of drug-likeness (QED) is 0.891. The molecule has 6 heteroatoms. The Balaban J connectivity index is 1.90. The first-order valence-corrected chi connectivity index (χ1v) is 7.56. The van der Waals surface area contributed by atoms with E-state index in [-0.39, 0.29) is 24.3 Å². The second-order valence-electron chi connectivity index (χ2n) is 4.57. The topological polar surface area (TPSA) is 51.2 Å². The zero-order valence-electron chi connectivity index (χ0n) is 11.9. The number of para-hydroxylation sites is 1. The Morgan fingerprint density at radius 3 is 2.86 bits per heavy atom. The van der Waals surface area contributed by atoms with Crippen LogP contribution >= 0.6 is 11.3 Å². The maximum Gasteiger partial charge on any atom is 0.258 e. The maximum atomic E-state index is 13.4. The number of ether oxygens (including phenoxy) is 1.